The van der Waals surface area contributed by atoms with Crippen molar-refractivity contribution in [1.82, 2.24) is 14.5 Å². The second kappa shape index (κ2) is 5.34. The third-order valence-corrected chi connectivity index (χ3v) is 5.46. The smallest absolute Gasteiger partial charge is 0.267 e. The van der Waals surface area contributed by atoms with Crippen LogP contribution >= 0.6 is 0 Å². The van der Waals surface area contributed by atoms with Gasteiger partial charge in [-0.3, -0.25) is 19.1 Å². The molecule has 0 bridgehead atoms. The summed E-state index contributed by atoms with van der Waals surface area (Å²) in [5.74, 6) is 0.562. The monoisotopic (exact) mass is 331 g/mol. The van der Waals surface area contributed by atoms with E-state index in [0.717, 1.165) is 0 Å². The molecule has 25 heavy (non-hydrogen) atoms. The van der Waals surface area contributed by atoms with Crippen molar-refractivity contribution in [2.45, 2.75) is 38.0 Å². The molecule has 0 N–H and O–H groups in total. The Labute approximate surface area is 144 Å². The first-order chi connectivity index (χ1) is 12.2. The Morgan fingerprint density at radius 2 is 1.88 bits per heavy atom. The van der Waals surface area contributed by atoms with Gasteiger partial charge >= 0.3 is 0 Å². The van der Waals surface area contributed by atoms with E-state index in [1.807, 2.05) is 12.1 Å². The van der Waals surface area contributed by atoms with Crippen molar-refractivity contribution in [3.63, 3.8) is 0 Å². The maximum absolute atomic E-state index is 12.9. The van der Waals surface area contributed by atoms with Crippen LogP contribution < -0.4 is 5.56 Å². The fourth-order valence-corrected chi connectivity index (χ4v) is 4.15. The van der Waals surface area contributed by atoms with Crippen LogP contribution in [0.15, 0.2) is 41.5 Å². The summed E-state index contributed by atoms with van der Waals surface area (Å²) in [5, 5.41) is 0.434. The lowest BCUT2D eigenvalue weighted by Gasteiger charge is -2.22. The highest BCUT2D eigenvalue weighted by Crippen LogP contribution is 2.35. The third-order valence-electron chi connectivity index (χ3n) is 5.46. The molecule has 5 heteroatoms. The van der Waals surface area contributed by atoms with Gasteiger partial charge in [-0.25, -0.2) is 4.98 Å². The summed E-state index contributed by atoms with van der Waals surface area (Å²) < 4.78 is 1.44. The zero-order valence-corrected chi connectivity index (χ0v) is 13.7. The van der Waals surface area contributed by atoms with Crippen LogP contribution in [0.5, 0.6) is 0 Å². The number of aromatic nitrogens is 3. The first kappa shape index (κ1) is 14.5. The maximum Gasteiger partial charge on any atom is 0.267 e. The van der Waals surface area contributed by atoms with Crippen LogP contribution in [-0.4, -0.2) is 20.3 Å². The van der Waals surface area contributed by atoms with E-state index in [0.29, 0.717) is 28.1 Å². The molecule has 1 fully saturated rings. The SMILES string of the molecule is O=C1c2cc(C3CCCCC3)ccc2-n2c1nc1ccncc1c2=O. The van der Waals surface area contributed by atoms with Crippen molar-refractivity contribution >= 4 is 16.7 Å². The maximum atomic E-state index is 12.9. The van der Waals surface area contributed by atoms with Gasteiger partial charge in [0.2, 0.25) is 5.78 Å². The molecule has 5 rings (SSSR count). The number of fused-ring (bicyclic) bond motifs is 4. The summed E-state index contributed by atoms with van der Waals surface area (Å²) in [4.78, 5) is 34.2. The van der Waals surface area contributed by atoms with Gasteiger partial charge in [-0.15, -0.1) is 0 Å². The van der Waals surface area contributed by atoms with Gasteiger partial charge in [-0.2, -0.15) is 0 Å². The van der Waals surface area contributed by atoms with E-state index in [9.17, 15) is 9.59 Å². The van der Waals surface area contributed by atoms with Gasteiger partial charge in [0.25, 0.3) is 5.56 Å². The molecule has 0 unspecified atom stereocenters. The topological polar surface area (TPSA) is 64.8 Å². The molecule has 0 atom stereocenters. The number of carbonyl (C=O) groups excluding carboxylic acids is 1. The van der Waals surface area contributed by atoms with E-state index in [-0.39, 0.29) is 17.2 Å². The molecule has 3 heterocycles. The van der Waals surface area contributed by atoms with Crippen LogP contribution in [0.3, 0.4) is 0 Å². The lowest BCUT2D eigenvalue weighted by Crippen LogP contribution is -2.21. The second-order valence-corrected chi connectivity index (χ2v) is 6.91. The fraction of sp³-hybridized carbons (Fsp3) is 0.300. The minimum Gasteiger partial charge on any atom is -0.285 e. The summed E-state index contributed by atoms with van der Waals surface area (Å²) in [6, 6.07) is 7.61. The zero-order valence-electron chi connectivity index (χ0n) is 13.7. The van der Waals surface area contributed by atoms with E-state index in [1.54, 1.807) is 12.3 Å². The molecule has 3 aromatic rings. The van der Waals surface area contributed by atoms with Gasteiger partial charge in [0.1, 0.15) is 0 Å². The molecular weight excluding hydrogens is 314 g/mol. The van der Waals surface area contributed by atoms with Crippen molar-refractivity contribution in [2.75, 3.05) is 0 Å². The zero-order chi connectivity index (χ0) is 17.0. The summed E-state index contributed by atoms with van der Waals surface area (Å²) in [7, 11) is 0. The number of benzene rings is 1. The van der Waals surface area contributed by atoms with Gasteiger partial charge in [0.15, 0.2) is 5.82 Å². The second-order valence-electron chi connectivity index (χ2n) is 6.91. The molecule has 1 aromatic carbocycles. The molecule has 1 saturated carbocycles. The van der Waals surface area contributed by atoms with Crippen molar-refractivity contribution in [3.8, 4) is 5.69 Å². The largest absolute Gasteiger partial charge is 0.285 e. The van der Waals surface area contributed by atoms with E-state index >= 15 is 0 Å². The molecule has 124 valence electrons. The first-order valence-electron chi connectivity index (χ1n) is 8.80. The third kappa shape index (κ3) is 2.08. The van der Waals surface area contributed by atoms with Crippen LogP contribution in [0.4, 0.5) is 0 Å². The molecule has 0 radical (unpaired) electrons. The van der Waals surface area contributed by atoms with E-state index in [1.165, 1.54) is 48.4 Å². The average molecular weight is 331 g/mol. The Balaban J connectivity index is 1.70. The Morgan fingerprint density at radius 3 is 2.72 bits per heavy atom. The minimum absolute atomic E-state index is 0.163. The van der Waals surface area contributed by atoms with Gasteiger partial charge in [0.05, 0.1) is 22.2 Å². The highest BCUT2D eigenvalue weighted by molar-refractivity contribution is 6.13. The number of pyridine rings is 1. The normalized spacial score (nSPS) is 16.9. The highest BCUT2D eigenvalue weighted by Gasteiger charge is 2.31. The number of carbonyl (C=O) groups is 1. The van der Waals surface area contributed by atoms with Crippen molar-refractivity contribution in [2.24, 2.45) is 0 Å². The predicted octanol–water partition coefficient (Wildman–Crippen LogP) is 3.37. The van der Waals surface area contributed by atoms with Crippen LogP contribution in [0.2, 0.25) is 0 Å². The fourth-order valence-electron chi connectivity index (χ4n) is 4.15. The molecule has 0 saturated heterocycles. The molecular formula is C20H17N3O2. The Bertz CT molecular complexity index is 1080. The van der Waals surface area contributed by atoms with Crippen molar-refractivity contribution in [1.29, 1.82) is 0 Å². The molecule has 2 aliphatic rings. The standard InChI is InChI=1S/C20H17N3O2/c24-18-14-10-13(12-4-2-1-3-5-12)6-7-17(14)23-19(18)22-16-8-9-21-11-15(16)20(23)25/h6-12H,1-5H2. The Kier molecular flexibility index (Phi) is 3.10. The van der Waals surface area contributed by atoms with Gasteiger partial charge in [-0.05, 0) is 42.5 Å². The molecule has 1 aliphatic carbocycles. The molecule has 0 spiro atoms. The lowest BCUT2D eigenvalue weighted by molar-refractivity contribution is 0.103. The molecule has 0 amide bonds. The number of nitrogens with zero attached hydrogens (tertiary/aromatic N) is 3. The number of hydrogen-bond acceptors (Lipinski definition) is 4. The van der Waals surface area contributed by atoms with Crippen LogP contribution in [-0.2, 0) is 0 Å². The van der Waals surface area contributed by atoms with Crippen LogP contribution in [0, 0.1) is 0 Å². The molecule has 2 aromatic heterocycles. The molecule has 1 aliphatic heterocycles. The summed E-state index contributed by atoms with van der Waals surface area (Å²) in [6.07, 6.45) is 9.23. The van der Waals surface area contributed by atoms with Gasteiger partial charge in [0, 0.05) is 12.4 Å². The van der Waals surface area contributed by atoms with E-state index in [4.69, 9.17) is 0 Å². The highest BCUT2D eigenvalue weighted by atomic mass is 16.1. The van der Waals surface area contributed by atoms with Crippen molar-refractivity contribution < 1.29 is 4.79 Å². The summed E-state index contributed by atoms with van der Waals surface area (Å²) in [6.45, 7) is 0. The lowest BCUT2D eigenvalue weighted by atomic mass is 9.83. The number of rotatable bonds is 1. The number of hydrogen-bond donors (Lipinski definition) is 0. The summed E-state index contributed by atoms with van der Waals surface area (Å²) >= 11 is 0. The quantitative estimate of drug-likeness (QED) is 0.536. The molecule has 5 nitrogen and oxygen atoms in total. The van der Waals surface area contributed by atoms with E-state index in [2.05, 4.69) is 16.0 Å². The van der Waals surface area contributed by atoms with E-state index < -0.39 is 0 Å². The van der Waals surface area contributed by atoms with Crippen molar-refractivity contribution in [3.05, 3.63) is 64.0 Å². The Hall–Kier alpha value is -2.82. The number of ketones is 1. The average Bonchev–Trinajstić information content (AvgIpc) is 2.95. The Morgan fingerprint density at radius 1 is 1.04 bits per heavy atom. The predicted molar refractivity (Wildman–Crippen MR) is 94.4 cm³/mol. The first-order valence-corrected chi connectivity index (χ1v) is 8.80. The van der Waals surface area contributed by atoms with Crippen LogP contribution in [0.25, 0.3) is 16.6 Å². The van der Waals surface area contributed by atoms with Gasteiger partial charge < -0.3 is 0 Å². The minimum atomic E-state index is -0.231. The summed E-state index contributed by atoms with van der Waals surface area (Å²) in [5.41, 5.74) is 2.73. The van der Waals surface area contributed by atoms with Crippen LogP contribution in [0.1, 0.15) is 59.8 Å². The van der Waals surface area contributed by atoms with Gasteiger partial charge in [-0.1, -0.05) is 25.3 Å².